The molecule has 6 heteroatoms. The largest absolute Gasteiger partial charge is 0.454 e. The third-order valence-electron chi connectivity index (χ3n) is 5.19. The van der Waals surface area contributed by atoms with Crippen molar-refractivity contribution >= 4 is 5.91 Å². The van der Waals surface area contributed by atoms with Crippen LogP contribution < -0.4 is 9.47 Å². The molecule has 0 N–H and O–H groups in total. The molecule has 1 spiro atoms. The van der Waals surface area contributed by atoms with Crippen LogP contribution in [-0.2, 0) is 20.7 Å². The number of amides is 1. The molecule has 2 fully saturated rings. The number of hydrogen-bond donors (Lipinski definition) is 0. The summed E-state index contributed by atoms with van der Waals surface area (Å²) in [4.78, 5) is 14.7. The molecular weight excluding hydrogens is 310 g/mol. The summed E-state index contributed by atoms with van der Waals surface area (Å²) in [6, 6.07) is 5.69. The van der Waals surface area contributed by atoms with Gasteiger partial charge in [-0.2, -0.15) is 0 Å². The van der Waals surface area contributed by atoms with E-state index in [9.17, 15) is 4.79 Å². The van der Waals surface area contributed by atoms with E-state index in [2.05, 4.69) is 0 Å². The molecule has 3 aliphatic rings. The molecule has 0 aromatic heterocycles. The lowest BCUT2D eigenvalue weighted by Crippen LogP contribution is -2.50. The maximum atomic E-state index is 12.7. The molecule has 4 rings (SSSR count). The van der Waals surface area contributed by atoms with Crippen LogP contribution in [0.4, 0.5) is 0 Å². The number of benzene rings is 1. The second-order valence-electron chi connectivity index (χ2n) is 6.84. The Morgan fingerprint density at radius 1 is 1.38 bits per heavy atom. The van der Waals surface area contributed by atoms with Crippen molar-refractivity contribution < 1.29 is 23.7 Å². The zero-order valence-electron chi connectivity index (χ0n) is 14.0. The minimum absolute atomic E-state index is 0.136. The third-order valence-corrected chi connectivity index (χ3v) is 5.19. The van der Waals surface area contributed by atoms with Crippen LogP contribution in [0, 0.1) is 0 Å². The number of hydrogen-bond acceptors (Lipinski definition) is 5. The Balaban J connectivity index is 1.41. The molecule has 0 radical (unpaired) electrons. The van der Waals surface area contributed by atoms with Gasteiger partial charge < -0.3 is 23.8 Å². The molecule has 3 aliphatic heterocycles. The van der Waals surface area contributed by atoms with Crippen LogP contribution in [0.3, 0.4) is 0 Å². The van der Waals surface area contributed by atoms with E-state index >= 15 is 0 Å². The number of piperidine rings is 1. The fourth-order valence-electron chi connectivity index (χ4n) is 3.89. The minimum Gasteiger partial charge on any atom is -0.454 e. The fraction of sp³-hybridized carbons (Fsp3) is 0.611. The summed E-state index contributed by atoms with van der Waals surface area (Å²) in [6.45, 7) is 2.34. The number of carbonyl (C=O) groups excluding carboxylic acids is 1. The maximum Gasteiger partial charge on any atom is 0.231 e. The average molecular weight is 333 g/mol. The number of nitrogens with zero attached hydrogens (tertiary/aromatic N) is 1. The SMILES string of the molecule is CO[C@H]1CO[C@@]2(CCCN(C(=O)Cc3ccc4c(c3)OCO4)C2)C1. The topological polar surface area (TPSA) is 57.2 Å². The van der Waals surface area contributed by atoms with E-state index in [0.717, 1.165) is 42.9 Å². The molecule has 1 aromatic carbocycles. The molecule has 130 valence electrons. The van der Waals surface area contributed by atoms with E-state index in [0.29, 0.717) is 19.6 Å². The first kappa shape index (κ1) is 15.7. The predicted molar refractivity (Wildman–Crippen MR) is 86.2 cm³/mol. The van der Waals surface area contributed by atoms with Gasteiger partial charge in [0, 0.05) is 26.6 Å². The highest BCUT2D eigenvalue weighted by Gasteiger charge is 2.44. The minimum atomic E-state index is -0.219. The van der Waals surface area contributed by atoms with E-state index in [1.807, 2.05) is 23.1 Å². The average Bonchev–Trinajstić information content (AvgIpc) is 3.21. The van der Waals surface area contributed by atoms with Gasteiger partial charge in [0.1, 0.15) is 0 Å². The first-order chi connectivity index (χ1) is 11.7. The van der Waals surface area contributed by atoms with E-state index in [-0.39, 0.29) is 24.4 Å². The number of methoxy groups -OCH3 is 1. The Morgan fingerprint density at radius 3 is 3.08 bits per heavy atom. The lowest BCUT2D eigenvalue weighted by atomic mass is 9.89. The van der Waals surface area contributed by atoms with Gasteiger partial charge in [-0.25, -0.2) is 0 Å². The van der Waals surface area contributed by atoms with Crippen molar-refractivity contribution in [2.45, 2.75) is 37.4 Å². The molecule has 2 atom stereocenters. The smallest absolute Gasteiger partial charge is 0.231 e. The van der Waals surface area contributed by atoms with Gasteiger partial charge >= 0.3 is 0 Å². The van der Waals surface area contributed by atoms with Crippen LogP contribution in [0.25, 0.3) is 0 Å². The van der Waals surface area contributed by atoms with Crippen molar-refractivity contribution in [2.75, 3.05) is 33.6 Å². The zero-order valence-corrected chi connectivity index (χ0v) is 14.0. The third kappa shape index (κ3) is 2.96. The summed E-state index contributed by atoms with van der Waals surface area (Å²) < 4.78 is 22.1. The second kappa shape index (κ2) is 6.26. The lowest BCUT2D eigenvalue weighted by Gasteiger charge is -2.39. The summed E-state index contributed by atoms with van der Waals surface area (Å²) in [5.41, 5.74) is 0.731. The predicted octanol–water partition coefficient (Wildman–Crippen LogP) is 1.75. The van der Waals surface area contributed by atoms with Crippen LogP contribution in [-0.4, -0.2) is 56.1 Å². The van der Waals surface area contributed by atoms with Crippen LogP contribution >= 0.6 is 0 Å². The van der Waals surface area contributed by atoms with Gasteiger partial charge in [0.05, 0.1) is 24.7 Å². The Labute approximate surface area is 141 Å². The van der Waals surface area contributed by atoms with Crippen molar-refractivity contribution in [3.05, 3.63) is 23.8 Å². The van der Waals surface area contributed by atoms with Gasteiger partial charge in [0.15, 0.2) is 11.5 Å². The van der Waals surface area contributed by atoms with Gasteiger partial charge in [-0.15, -0.1) is 0 Å². The van der Waals surface area contributed by atoms with Gasteiger partial charge in [-0.1, -0.05) is 6.07 Å². The first-order valence-corrected chi connectivity index (χ1v) is 8.50. The highest BCUT2D eigenvalue weighted by Crippen LogP contribution is 2.36. The van der Waals surface area contributed by atoms with Crippen molar-refractivity contribution in [1.29, 1.82) is 0 Å². The molecule has 0 aliphatic carbocycles. The summed E-state index contributed by atoms with van der Waals surface area (Å²) in [5, 5.41) is 0. The Morgan fingerprint density at radius 2 is 2.25 bits per heavy atom. The summed E-state index contributed by atoms with van der Waals surface area (Å²) >= 11 is 0. The Kier molecular flexibility index (Phi) is 4.10. The molecule has 2 saturated heterocycles. The molecule has 1 aromatic rings. The van der Waals surface area contributed by atoms with Crippen LogP contribution in [0.5, 0.6) is 11.5 Å². The summed E-state index contributed by atoms with van der Waals surface area (Å²) in [6.07, 6.45) is 3.37. The molecule has 1 amide bonds. The second-order valence-corrected chi connectivity index (χ2v) is 6.84. The Bertz CT molecular complexity index is 634. The molecule has 0 bridgehead atoms. The summed E-state index contributed by atoms with van der Waals surface area (Å²) in [5.74, 6) is 1.60. The number of carbonyl (C=O) groups is 1. The van der Waals surface area contributed by atoms with Crippen molar-refractivity contribution in [1.82, 2.24) is 4.90 Å². The number of ether oxygens (including phenoxy) is 4. The molecule has 0 saturated carbocycles. The van der Waals surface area contributed by atoms with E-state index in [1.54, 1.807) is 7.11 Å². The standard InChI is InChI=1S/C18H23NO5/c1-21-14-9-18(24-10-14)5-2-6-19(11-18)17(20)8-13-3-4-15-16(7-13)23-12-22-15/h3-4,7,14H,2,5-6,8-12H2,1H3/t14-,18+/m1/s1. The van der Waals surface area contributed by atoms with E-state index in [4.69, 9.17) is 18.9 Å². The van der Waals surface area contributed by atoms with Crippen LogP contribution in [0.1, 0.15) is 24.8 Å². The highest BCUT2D eigenvalue weighted by molar-refractivity contribution is 5.79. The highest BCUT2D eigenvalue weighted by atomic mass is 16.7. The zero-order chi connectivity index (χ0) is 16.6. The van der Waals surface area contributed by atoms with Crippen LogP contribution in [0.2, 0.25) is 0 Å². The first-order valence-electron chi connectivity index (χ1n) is 8.50. The van der Waals surface area contributed by atoms with Gasteiger partial charge in [-0.3, -0.25) is 4.79 Å². The Hall–Kier alpha value is -1.79. The van der Waals surface area contributed by atoms with E-state index < -0.39 is 0 Å². The van der Waals surface area contributed by atoms with Crippen molar-refractivity contribution in [3.8, 4) is 11.5 Å². The number of likely N-dealkylation sites (tertiary alicyclic amines) is 1. The van der Waals surface area contributed by atoms with E-state index in [1.165, 1.54) is 0 Å². The normalized spacial score (nSPS) is 28.5. The molecule has 3 heterocycles. The summed E-state index contributed by atoms with van der Waals surface area (Å²) in [7, 11) is 1.72. The van der Waals surface area contributed by atoms with Gasteiger partial charge in [0.2, 0.25) is 12.7 Å². The monoisotopic (exact) mass is 333 g/mol. The molecule has 24 heavy (non-hydrogen) atoms. The molecular formula is C18H23NO5. The number of fused-ring (bicyclic) bond motifs is 1. The lowest BCUT2D eigenvalue weighted by molar-refractivity contribution is -0.138. The number of rotatable bonds is 3. The quantitative estimate of drug-likeness (QED) is 0.843. The molecule has 0 unspecified atom stereocenters. The maximum absolute atomic E-state index is 12.7. The van der Waals surface area contributed by atoms with Crippen molar-refractivity contribution in [2.24, 2.45) is 0 Å². The molecule has 6 nitrogen and oxygen atoms in total. The van der Waals surface area contributed by atoms with Gasteiger partial charge in [-0.05, 0) is 30.5 Å². The van der Waals surface area contributed by atoms with Crippen molar-refractivity contribution in [3.63, 3.8) is 0 Å². The van der Waals surface area contributed by atoms with Gasteiger partial charge in [0.25, 0.3) is 0 Å². The fourth-order valence-corrected chi connectivity index (χ4v) is 3.89. The van der Waals surface area contributed by atoms with Crippen LogP contribution in [0.15, 0.2) is 18.2 Å².